The number of nitrogens with zero attached hydrogens (tertiary/aromatic N) is 3. The van der Waals surface area contributed by atoms with Gasteiger partial charge in [0.15, 0.2) is 0 Å². The van der Waals surface area contributed by atoms with Crippen LogP contribution in [0.4, 0.5) is 0 Å². The topological polar surface area (TPSA) is 47.8 Å². The van der Waals surface area contributed by atoms with E-state index in [9.17, 15) is 4.79 Å². The lowest BCUT2D eigenvalue weighted by molar-refractivity contribution is 1.00. The molecule has 0 bridgehead atoms. The zero-order chi connectivity index (χ0) is 25.9. The van der Waals surface area contributed by atoms with Gasteiger partial charge in [-0.2, -0.15) is 0 Å². The van der Waals surface area contributed by atoms with Gasteiger partial charge in [0.05, 0.1) is 16.4 Å². The molecule has 4 aromatic carbocycles. The summed E-state index contributed by atoms with van der Waals surface area (Å²) in [7, 11) is 0. The van der Waals surface area contributed by atoms with E-state index >= 15 is 0 Å². The van der Waals surface area contributed by atoms with Crippen LogP contribution in [0.15, 0.2) is 114 Å². The van der Waals surface area contributed by atoms with E-state index in [0.29, 0.717) is 5.39 Å². The first-order chi connectivity index (χ1) is 19.3. The molecule has 3 aromatic heterocycles. The number of pyridine rings is 3. The molecule has 3 heterocycles. The highest BCUT2D eigenvalue weighted by atomic mass is 16.1. The zero-order valence-corrected chi connectivity index (χ0v) is 21.1. The number of allylic oxidation sites excluding steroid dienone is 1. The molecular formula is C35H23N3O. The predicted octanol–water partition coefficient (Wildman–Crippen LogP) is 7.87. The number of fused-ring (bicyclic) bond motifs is 9. The van der Waals surface area contributed by atoms with Crippen molar-refractivity contribution in [2.45, 2.75) is 12.8 Å². The first kappa shape index (κ1) is 21.9. The van der Waals surface area contributed by atoms with Crippen molar-refractivity contribution >= 4 is 49.4 Å². The summed E-state index contributed by atoms with van der Waals surface area (Å²) in [6.07, 6.45) is 11.9. The first-order valence-corrected chi connectivity index (χ1v) is 13.3. The standard InChI is InChI=1S/C35H23N3O/c39-35-30-16-18-36-21-32(30)34-33(13-6-17-37-34)38(35)24-8-5-7-22(19-24)23-14-15-29-27-11-2-1-9-25(27)26-10-3-4-12-28(26)31(29)20-23/h2-8,10-21H,1,9H2. The third kappa shape index (κ3) is 3.28. The van der Waals surface area contributed by atoms with Crippen LogP contribution < -0.4 is 5.56 Å². The van der Waals surface area contributed by atoms with E-state index in [1.54, 1.807) is 29.2 Å². The van der Waals surface area contributed by atoms with E-state index in [1.165, 1.54) is 32.7 Å². The van der Waals surface area contributed by atoms with E-state index in [0.717, 1.165) is 46.1 Å². The number of benzene rings is 4. The van der Waals surface area contributed by atoms with Gasteiger partial charge in [-0.15, -0.1) is 0 Å². The first-order valence-electron chi connectivity index (χ1n) is 13.3. The molecule has 0 saturated carbocycles. The summed E-state index contributed by atoms with van der Waals surface area (Å²) in [6.45, 7) is 0. The molecular weight excluding hydrogens is 478 g/mol. The van der Waals surface area contributed by atoms with Gasteiger partial charge in [-0.05, 0) is 93.0 Å². The Hall–Kier alpha value is -5.09. The summed E-state index contributed by atoms with van der Waals surface area (Å²) in [6, 6.07) is 29.3. The zero-order valence-electron chi connectivity index (χ0n) is 21.1. The van der Waals surface area contributed by atoms with Crippen LogP contribution in [0.25, 0.3) is 66.2 Å². The molecule has 1 aliphatic carbocycles. The fraction of sp³-hybridized carbons (Fsp3) is 0.0571. The van der Waals surface area contributed by atoms with Gasteiger partial charge < -0.3 is 0 Å². The summed E-state index contributed by atoms with van der Waals surface area (Å²) in [5, 5.41) is 6.54. The second-order valence-electron chi connectivity index (χ2n) is 10.1. The van der Waals surface area contributed by atoms with Crippen molar-refractivity contribution in [3.63, 3.8) is 0 Å². The van der Waals surface area contributed by atoms with Gasteiger partial charge in [0.1, 0.15) is 0 Å². The number of aromatic nitrogens is 3. The van der Waals surface area contributed by atoms with E-state index in [1.807, 2.05) is 24.3 Å². The highest BCUT2D eigenvalue weighted by Crippen LogP contribution is 2.38. The molecule has 4 nitrogen and oxygen atoms in total. The Kier molecular flexibility index (Phi) is 4.76. The molecule has 0 fully saturated rings. The lowest BCUT2D eigenvalue weighted by atomic mass is 9.86. The molecule has 0 spiro atoms. The number of aryl methyl sites for hydroxylation is 1. The summed E-state index contributed by atoms with van der Waals surface area (Å²) < 4.78 is 1.77. The summed E-state index contributed by atoms with van der Waals surface area (Å²) in [5.41, 5.74) is 7.23. The molecule has 8 rings (SSSR count). The van der Waals surface area contributed by atoms with Crippen molar-refractivity contribution in [3.8, 4) is 16.8 Å². The number of rotatable bonds is 2. The van der Waals surface area contributed by atoms with Crippen LogP contribution in [-0.4, -0.2) is 14.5 Å². The van der Waals surface area contributed by atoms with Gasteiger partial charge in [-0.3, -0.25) is 19.3 Å². The SMILES string of the molecule is O=c1c2ccncc2c2ncccc2n1-c1cccc(-c2ccc3c4c(c5ccccc5c3c2)CCC=C4)c1. The van der Waals surface area contributed by atoms with E-state index < -0.39 is 0 Å². The molecule has 0 radical (unpaired) electrons. The third-order valence-corrected chi connectivity index (χ3v) is 8.00. The Morgan fingerprint density at radius 1 is 0.692 bits per heavy atom. The summed E-state index contributed by atoms with van der Waals surface area (Å²) in [5.74, 6) is 0. The van der Waals surface area contributed by atoms with Crippen LogP contribution in [0.3, 0.4) is 0 Å². The average Bonchev–Trinajstić information content (AvgIpc) is 3.01. The second-order valence-corrected chi connectivity index (χ2v) is 10.1. The highest BCUT2D eigenvalue weighted by Gasteiger charge is 2.16. The van der Waals surface area contributed by atoms with Crippen molar-refractivity contribution in [1.82, 2.24) is 14.5 Å². The summed E-state index contributed by atoms with van der Waals surface area (Å²) >= 11 is 0. The van der Waals surface area contributed by atoms with Gasteiger partial charge in [-0.1, -0.05) is 60.7 Å². The quantitative estimate of drug-likeness (QED) is 0.227. The van der Waals surface area contributed by atoms with Gasteiger partial charge in [0.2, 0.25) is 0 Å². The molecule has 7 aromatic rings. The number of hydrogen-bond donors (Lipinski definition) is 0. The highest BCUT2D eigenvalue weighted by molar-refractivity contribution is 6.14. The fourth-order valence-corrected chi connectivity index (χ4v) is 6.22. The Bertz CT molecular complexity index is 2210. The molecule has 0 saturated heterocycles. The Morgan fingerprint density at radius 3 is 2.54 bits per heavy atom. The minimum Gasteiger partial charge on any atom is -0.275 e. The fourth-order valence-electron chi connectivity index (χ4n) is 6.22. The lowest BCUT2D eigenvalue weighted by Gasteiger charge is -2.18. The van der Waals surface area contributed by atoms with Crippen LogP contribution in [-0.2, 0) is 6.42 Å². The van der Waals surface area contributed by atoms with Gasteiger partial charge in [0.25, 0.3) is 5.56 Å². The number of hydrogen-bond acceptors (Lipinski definition) is 3. The molecule has 39 heavy (non-hydrogen) atoms. The van der Waals surface area contributed by atoms with Crippen LogP contribution in [0, 0.1) is 0 Å². The maximum atomic E-state index is 13.7. The van der Waals surface area contributed by atoms with Crippen LogP contribution in [0.2, 0.25) is 0 Å². The normalized spacial score (nSPS) is 12.9. The molecule has 0 atom stereocenters. The van der Waals surface area contributed by atoms with E-state index in [4.69, 9.17) is 0 Å². The molecule has 1 aliphatic rings. The van der Waals surface area contributed by atoms with Crippen LogP contribution in [0.1, 0.15) is 17.5 Å². The third-order valence-electron chi connectivity index (χ3n) is 8.00. The van der Waals surface area contributed by atoms with Crippen molar-refractivity contribution < 1.29 is 0 Å². The van der Waals surface area contributed by atoms with Crippen LogP contribution in [0.5, 0.6) is 0 Å². The maximum Gasteiger partial charge on any atom is 0.263 e. The smallest absolute Gasteiger partial charge is 0.263 e. The van der Waals surface area contributed by atoms with Crippen molar-refractivity contribution in [2.24, 2.45) is 0 Å². The largest absolute Gasteiger partial charge is 0.275 e. The second kappa shape index (κ2) is 8.47. The Labute approximate surface area is 224 Å². The molecule has 0 N–H and O–H groups in total. The molecule has 4 heteroatoms. The summed E-state index contributed by atoms with van der Waals surface area (Å²) in [4.78, 5) is 22.6. The molecule has 0 aliphatic heterocycles. The van der Waals surface area contributed by atoms with Crippen molar-refractivity contribution in [3.05, 3.63) is 131 Å². The van der Waals surface area contributed by atoms with E-state index in [2.05, 4.69) is 76.7 Å². The Balaban J connectivity index is 1.37. The van der Waals surface area contributed by atoms with Gasteiger partial charge in [0, 0.05) is 29.7 Å². The molecule has 184 valence electrons. The van der Waals surface area contributed by atoms with Crippen molar-refractivity contribution in [1.29, 1.82) is 0 Å². The monoisotopic (exact) mass is 501 g/mol. The minimum atomic E-state index is -0.0760. The lowest BCUT2D eigenvalue weighted by Crippen LogP contribution is -2.19. The predicted molar refractivity (Wildman–Crippen MR) is 160 cm³/mol. The van der Waals surface area contributed by atoms with Crippen LogP contribution >= 0.6 is 0 Å². The van der Waals surface area contributed by atoms with Crippen molar-refractivity contribution in [2.75, 3.05) is 0 Å². The maximum absolute atomic E-state index is 13.7. The molecule has 0 amide bonds. The minimum absolute atomic E-state index is 0.0760. The van der Waals surface area contributed by atoms with Gasteiger partial charge >= 0.3 is 0 Å². The van der Waals surface area contributed by atoms with Gasteiger partial charge in [-0.25, -0.2) is 0 Å². The Morgan fingerprint density at radius 2 is 1.59 bits per heavy atom. The van der Waals surface area contributed by atoms with E-state index in [-0.39, 0.29) is 5.56 Å². The average molecular weight is 502 g/mol. The molecule has 0 unspecified atom stereocenters.